The van der Waals surface area contributed by atoms with Gasteiger partial charge in [-0.3, -0.25) is 0 Å². The van der Waals surface area contributed by atoms with Crippen molar-refractivity contribution >= 4 is 6.03 Å². The average molecular weight is 296 g/mol. The Kier molecular flexibility index (Phi) is 4.90. The molecule has 1 atom stereocenters. The first-order valence-corrected chi connectivity index (χ1v) is 7.31. The van der Waals surface area contributed by atoms with E-state index in [2.05, 4.69) is 10.6 Å². The summed E-state index contributed by atoms with van der Waals surface area (Å²) in [6, 6.07) is 1.49. The lowest BCUT2D eigenvalue weighted by atomic mass is 9.94. The molecule has 1 aromatic rings. The number of aryl methyl sites for hydroxylation is 2. The minimum Gasteiger partial charge on any atom is -0.466 e. The number of ether oxygens (including phenoxy) is 1. The lowest BCUT2D eigenvalue weighted by Gasteiger charge is -2.32. The molecule has 0 saturated carbocycles. The molecule has 0 bridgehead atoms. The van der Waals surface area contributed by atoms with Gasteiger partial charge in [-0.05, 0) is 26.8 Å². The molecular weight excluding hydrogens is 272 g/mol. The maximum atomic E-state index is 11.9. The first kappa shape index (κ1) is 15.9. The van der Waals surface area contributed by atoms with E-state index in [1.807, 2.05) is 26.8 Å². The van der Waals surface area contributed by atoms with Gasteiger partial charge in [-0.2, -0.15) is 0 Å². The molecule has 3 N–H and O–H groups in total. The second-order valence-corrected chi connectivity index (χ2v) is 5.75. The maximum Gasteiger partial charge on any atom is 0.315 e. The summed E-state index contributed by atoms with van der Waals surface area (Å²) < 4.78 is 10.7. The first-order chi connectivity index (χ1) is 9.89. The van der Waals surface area contributed by atoms with Crippen molar-refractivity contribution in [3.05, 3.63) is 23.2 Å². The highest BCUT2D eigenvalue weighted by atomic mass is 16.5. The number of furan rings is 1. The fourth-order valence-corrected chi connectivity index (χ4v) is 2.58. The summed E-state index contributed by atoms with van der Waals surface area (Å²) in [6.45, 7) is 6.96. The zero-order chi connectivity index (χ0) is 15.5. The van der Waals surface area contributed by atoms with E-state index in [1.165, 1.54) is 0 Å². The van der Waals surface area contributed by atoms with Crippen molar-refractivity contribution in [3.63, 3.8) is 0 Å². The van der Waals surface area contributed by atoms with Crippen molar-refractivity contribution in [2.24, 2.45) is 0 Å². The predicted octanol–water partition coefficient (Wildman–Crippen LogP) is 1.80. The molecule has 1 unspecified atom stereocenters. The molecule has 2 amide bonds. The van der Waals surface area contributed by atoms with E-state index in [0.717, 1.165) is 17.1 Å². The molecular formula is C15H24N2O4. The van der Waals surface area contributed by atoms with Gasteiger partial charge in [0.2, 0.25) is 0 Å². The molecule has 0 aliphatic carbocycles. The van der Waals surface area contributed by atoms with E-state index in [1.54, 1.807) is 0 Å². The molecule has 2 rings (SSSR count). The van der Waals surface area contributed by atoms with Crippen molar-refractivity contribution < 1.29 is 19.1 Å². The molecule has 0 spiro atoms. The van der Waals surface area contributed by atoms with Gasteiger partial charge in [-0.1, -0.05) is 0 Å². The van der Waals surface area contributed by atoms with E-state index in [4.69, 9.17) is 9.15 Å². The van der Waals surface area contributed by atoms with Crippen LogP contribution in [0, 0.1) is 13.8 Å². The van der Waals surface area contributed by atoms with Crippen LogP contribution >= 0.6 is 0 Å². The Bertz CT molecular complexity index is 492. The van der Waals surface area contributed by atoms with Crippen LogP contribution < -0.4 is 10.6 Å². The van der Waals surface area contributed by atoms with E-state index in [-0.39, 0.29) is 18.6 Å². The molecule has 21 heavy (non-hydrogen) atoms. The molecule has 6 nitrogen and oxygen atoms in total. The number of carbonyl (C=O) groups excluding carboxylic acids is 1. The summed E-state index contributed by atoms with van der Waals surface area (Å²) in [5.74, 6) is 1.64. The predicted molar refractivity (Wildman–Crippen MR) is 78.1 cm³/mol. The number of urea groups is 1. The van der Waals surface area contributed by atoms with Crippen LogP contribution in [0.15, 0.2) is 10.5 Å². The Hall–Kier alpha value is -1.53. The Labute approximate surface area is 124 Å². The molecule has 1 aromatic heterocycles. The SMILES string of the molecule is Cc1cc(C(C)NC(=O)NCC2(O)CCOCC2)c(C)o1. The standard InChI is InChI=1S/C15H24N2O4/c1-10-8-13(12(3)21-10)11(2)17-14(18)16-9-15(19)4-6-20-7-5-15/h8,11,19H,4-7,9H2,1-3H3,(H2,16,17,18). The van der Waals surface area contributed by atoms with Crippen LogP contribution in [0.3, 0.4) is 0 Å². The van der Waals surface area contributed by atoms with Crippen LogP contribution in [0.1, 0.15) is 42.9 Å². The third-order valence-corrected chi connectivity index (χ3v) is 3.89. The van der Waals surface area contributed by atoms with Gasteiger partial charge in [0, 0.05) is 38.2 Å². The molecule has 1 aliphatic heterocycles. The van der Waals surface area contributed by atoms with Gasteiger partial charge < -0.3 is 24.9 Å². The van der Waals surface area contributed by atoms with Crippen molar-refractivity contribution in [2.45, 2.75) is 45.3 Å². The highest BCUT2D eigenvalue weighted by Crippen LogP contribution is 2.21. The average Bonchev–Trinajstić information content (AvgIpc) is 2.77. The van der Waals surface area contributed by atoms with Gasteiger partial charge in [-0.15, -0.1) is 0 Å². The fraction of sp³-hybridized carbons (Fsp3) is 0.667. The smallest absolute Gasteiger partial charge is 0.315 e. The van der Waals surface area contributed by atoms with Crippen LogP contribution in [0.4, 0.5) is 4.79 Å². The Balaban J connectivity index is 1.82. The highest BCUT2D eigenvalue weighted by molar-refractivity contribution is 5.74. The van der Waals surface area contributed by atoms with Crippen LogP contribution in [0.2, 0.25) is 0 Å². The summed E-state index contributed by atoms with van der Waals surface area (Å²) in [5, 5.41) is 15.9. The molecule has 1 aliphatic rings. The van der Waals surface area contributed by atoms with Gasteiger partial charge in [0.05, 0.1) is 11.6 Å². The number of hydrogen-bond donors (Lipinski definition) is 3. The number of nitrogens with one attached hydrogen (secondary N) is 2. The Morgan fingerprint density at radius 2 is 2.10 bits per heavy atom. The van der Waals surface area contributed by atoms with Crippen LogP contribution in [-0.2, 0) is 4.74 Å². The monoisotopic (exact) mass is 296 g/mol. The lowest BCUT2D eigenvalue weighted by molar-refractivity contribution is -0.0600. The highest BCUT2D eigenvalue weighted by Gasteiger charge is 2.30. The molecule has 118 valence electrons. The van der Waals surface area contributed by atoms with Crippen molar-refractivity contribution in [3.8, 4) is 0 Å². The number of hydrogen-bond acceptors (Lipinski definition) is 4. The normalized spacial score (nSPS) is 19.0. The summed E-state index contributed by atoms with van der Waals surface area (Å²) in [7, 11) is 0. The lowest BCUT2D eigenvalue weighted by Crippen LogP contribution is -2.49. The quantitative estimate of drug-likeness (QED) is 0.791. The third-order valence-electron chi connectivity index (χ3n) is 3.89. The Morgan fingerprint density at radius 1 is 1.43 bits per heavy atom. The molecule has 6 heteroatoms. The van der Waals surface area contributed by atoms with Gasteiger partial charge in [0.15, 0.2) is 0 Å². The number of rotatable bonds is 4. The summed E-state index contributed by atoms with van der Waals surface area (Å²) in [4.78, 5) is 11.9. The number of carbonyl (C=O) groups is 1. The van der Waals surface area contributed by atoms with Crippen LogP contribution in [0.5, 0.6) is 0 Å². The van der Waals surface area contributed by atoms with Gasteiger partial charge >= 0.3 is 6.03 Å². The zero-order valence-electron chi connectivity index (χ0n) is 12.9. The Morgan fingerprint density at radius 3 is 2.67 bits per heavy atom. The maximum absolute atomic E-state index is 11.9. The van der Waals surface area contributed by atoms with Crippen LogP contribution in [-0.4, -0.2) is 36.5 Å². The number of amides is 2. The van der Waals surface area contributed by atoms with E-state index < -0.39 is 5.60 Å². The largest absolute Gasteiger partial charge is 0.466 e. The molecule has 0 aromatic carbocycles. The van der Waals surface area contributed by atoms with Crippen molar-refractivity contribution in [1.82, 2.24) is 10.6 Å². The van der Waals surface area contributed by atoms with Crippen molar-refractivity contribution in [1.29, 1.82) is 0 Å². The summed E-state index contributed by atoms with van der Waals surface area (Å²) >= 11 is 0. The molecule has 2 heterocycles. The van der Waals surface area contributed by atoms with Crippen molar-refractivity contribution in [2.75, 3.05) is 19.8 Å². The first-order valence-electron chi connectivity index (χ1n) is 7.31. The zero-order valence-corrected chi connectivity index (χ0v) is 12.9. The minimum absolute atomic E-state index is 0.146. The molecule has 1 saturated heterocycles. The minimum atomic E-state index is -0.860. The number of aliphatic hydroxyl groups is 1. The van der Waals surface area contributed by atoms with Gasteiger partial charge in [0.25, 0.3) is 0 Å². The van der Waals surface area contributed by atoms with E-state index in [9.17, 15) is 9.90 Å². The van der Waals surface area contributed by atoms with Gasteiger partial charge in [-0.25, -0.2) is 4.79 Å². The summed E-state index contributed by atoms with van der Waals surface area (Å²) in [6.07, 6.45) is 1.09. The molecule has 0 radical (unpaired) electrons. The second kappa shape index (κ2) is 6.49. The van der Waals surface area contributed by atoms with Gasteiger partial charge in [0.1, 0.15) is 11.5 Å². The second-order valence-electron chi connectivity index (χ2n) is 5.75. The fourth-order valence-electron chi connectivity index (χ4n) is 2.58. The third kappa shape index (κ3) is 4.22. The molecule has 1 fully saturated rings. The summed E-state index contributed by atoms with van der Waals surface area (Å²) in [5.41, 5.74) is 0.105. The van der Waals surface area contributed by atoms with E-state index in [0.29, 0.717) is 26.1 Å². The van der Waals surface area contributed by atoms with E-state index >= 15 is 0 Å². The van der Waals surface area contributed by atoms with Crippen LogP contribution in [0.25, 0.3) is 0 Å². The topological polar surface area (TPSA) is 83.7 Å².